The van der Waals surface area contributed by atoms with Crippen molar-refractivity contribution < 1.29 is 23.4 Å². The first kappa shape index (κ1) is 19.3. The van der Waals surface area contributed by atoms with Crippen LogP contribution in [0.1, 0.15) is 18.4 Å². The normalized spacial score (nSPS) is 15.3. The van der Waals surface area contributed by atoms with Crippen LogP contribution in [0.5, 0.6) is 11.5 Å². The number of ether oxygens (including phenoxy) is 3. The lowest BCUT2D eigenvalue weighted by molar-refractivity contribution is -0.152. The van der Waals surface area contributed by atoms with Crippen LogP contribution >= 0.6 is 11.6 Å². The Kier molecular flexibility index (Phi) is 5.67. The minimum atomic E-state index is -0.405. The fourth-order valence-corrected chi connectivity index (χ4v) is 3.18. The van der Waals surface area contributed by atoms with Gasteiger partial charge in [-0.2, -0.15) is 0 Å². The number of fused-ring (bicyclic) bond motifs is 1. The van der Waals surface area contributed by atoms with Crippen LogP contribution in [0.2, 0.25) is 5.02 Å². The summed E-state index contributed by atoms with van der Waals surface area (Å²) in [6, 6.07) is 12.6. The fourth-order valence-electron chi connectivity index (χ4n) is 3.05. The number of carbonyl (C=O) groups is 1. The molecule has 0 amide bonds. The Morgan fingerprint density at radius 3 is 2.83 bits per heavy atom. The van der Waals surface area contributed by atoms with Gasteiger partial charge in [-0.15, -0.1) is 10.2 Å². The van der Waals surface area contributed by atoms with Gasteiger partial charge in [0.05, 0.1) is 12.5 Å². The summed E-state index contributed by atoms with van der Waals surface area (Å²) in [4.78, 5) is 12.5. The van der Waals surface area contributed by atoms with Crippen molar-refractivity contribution in [2.75, 3.05) is 13.2 Å². The summed E-state index contributed by atoms with van der Waals surface area (Å²) in [5.74, 6) is 1.30. The first-order valence-electron chi connectivity index (χ1n) is 9.26. The van der Waals surface area contributed by atoms with Crippen molar-refractivity contribution in [2.45, 2.75) is 20.0 Å². The summed E-state index contributed by atoms with van der Waals surface area (Å²) in [7, 11) is 0. The van der Waals surface area contributed by atoms with Crippen molar-refractivity contribution in [3.8, 4) is 23.0 Å². The number of carbonyl (C=O) groups excluding carboxylic acids is 1. The van der Waals surface area contributed by atoms with Gasteiger partial charge in [0.15, 0.2) is 6.61 Å². The molecular weight excluding hydrogens is 396 g/mol. The Hall–Kier alpha value is -3.06. The first-order chi connectivity index (χ1) is 14.1. The quantitative estimate of drug-likeness (QED) is 0.562. The maximum absolute atomic E-state index is 12.5. The number of rotatable bonds is 6. The number of hydrogen-bond donors (Lipinski definition) is 0. The minimum Gasteiger partial charge on any atom is -0.494 e. The van der Waals surface area contributed by atoms with Crippen LogP contribution in [0.25, 0.3) is 11.5 Å². The molecule has 0 N–H and O–H groups in total. The Morgan fingerprint density at radius 2 is 2.03 bits per heavy atom. The highest BCUT2D eigenvalue weighted by atomic mass is 35.5. The molecule has 0 fully saturated rings. The van der Waals surface area contributed by atoms with E-state index in [0.717, 1.165) is 22.6 Å². The maximum Gasteiger partial charge on any atom is 0.313 e. The highest BCUT2D eigenvalue weighted by Crippen LogP contribution is 2.31. The van der Waals surface area contributed by atoms with Gasteiger partial charge in [-0.25, -0.2) is 0 Å². The second kappa shape index (κ2) is 8.53. The molecule has 3 aromatic rings. The van der Waals surface area contributed by atoms with Crippen LogP contribution < -0.4 is 9.47 Å². The SMILES string of the molecule is CCOc1ccc2c(c1)CC(C(=O)OCc1nnc(-c3ccc(Cl)cc3)o1)CO2. The molecule has 1 unspecified atom stereocenters. The second-order valence-corrected chi connectivity index (χ2v) is 6.97. The van der Waals surface area contributed by atoms with Gasteiger partial charge >= 0.3 is 5.97 Å². The number of benzene rings is 2. The van der Waals surface area contributed by atoms with Crippen LogP contribution in [0, 0.1) is 5.92 Å². The highest BCUT2D eigenvalue weighted by Gasteiger charge is 2.28. The topological polar surface area (TPSA) is 83.7 Å². The summed E-state index contributed by atoms with van der Waals surface area (Å²) in [5.41, 5.74) is 1.66. The van der Waals surface area contributed by atoms with Crippen molar-refractivity contribution in [3.63, 3.8) is 0 Å². The number of nitrogens with zero attached hydrogens (tertiary/aromatic N) is 2. The monoisotopic (exact) mass is 414 g/mol. The first-order valence-corrected chi connectivity index (χ1v) is 9.63. The summed E-state index contributed by atoms with van der Waals surface area (Å²) in [6.45, 7) is 2.67. The molecule has 0 spiro atoms. The van der Waals surface area contributed by atoms with Crippen molar-refractivity contribution in [1.82, 2.24) is 10.2 Å². The van der Waals surface area contributed by atoms with Gasteiger partial charge in [0.2, 0.25) is 5.89 Å². The van der Waals surface area contributed by atoms with Gasteiger partial charge in [0.1, 0.15) is 18.1 Å². The Morgan fingerprint density at radius 1 is 1.21 bits per heavy atom. The maximum atomic E-state index is 12.5. The van der Waals surface area contributed by atoms with E-state index in [1.165, 1.54) is 0 Å². The molecule has 2 heterocycles. The molecule has 0 saturated heterocycles. The van der Waals surface area contributed by atoms with E-state index in [0.29, 0.717) is 23.9 Å². The van der Waals surface area contributed by atoms with Gasteiger partial charge in [-0.05, 0) is 61.4 Å². The van der Waals surface area contributed by atoms with E-state index in [1.807, 2.05) is 25.1 Å². The fraction of sp³-hybridized carbons (Fsp3) is 0.286. The Labute approximate surface area is 172 Å². The lowest BCUT2D eigenvalue weighted by atomic mass is 9.96. The molecule has 4 rings (SSSR count). The van der Waals surface area contributed by atoms with Crippen LogP contribution in [0.4, 0.5) is 0 Å². The van der Waals surface area contributed by atoms with Gasteiger partial charge in [-0.3, -0.25) is 4.79 Å². The van der Waals surface area contributed by atoms with Gasteiger partial charge in [0.25, 0.3) is 5.89 Å². The highest BCUT2D eigenvalue weighted by molar-refractivity contribution is 6.30. The summed E-state index contributed by atoms with van der Waals surface area (Å²) in [5, 5.41) is 8.52. The van der Waals surface area contributed by atoms with E-state index >= 15 is 0 Å². The molecule has 1 aliphatic heterocycles. The summed E-state index contributed by atoms with van der Waals surface area (Å²) < 4.78 is 22.1. The van der Waals surface area contributed by atoms with Crippen LogP contribution in [0.15, 0.2) is 46.9 Å². The summed E-state index contributed by atoms with van der Waals surface area (Å²) in [6.07, 6.45) is 0.523. The molecule has 29 heavy (non-hydrogen) atoms. The molecule has 0 aliphatic carbocycles. The number of esters is 1. The van der Waals surface area contributed by atoms with Crippen LogP contribution in [0.3, 0.4) is 0 Å². The lowest BCUT2D eigenvalue weighted by Gasteiger charge is -2.24. The Bertz CT molecular complexity index is 1000. The van der Waals surface area contributed by atoms with Gasteiger partial charge in [-0.1, -0.05) is 11.6 Å². The number of halogens is 1. The third kappa shape index (κ3) is 4.51. The zero-order valence-corrected chi connectivity index (χ0v) is 16.5. The number of aromatic nitrogens is 2. The molecule has 7 nitrogen and oxygen atoms in total. The van der Waals surface area contributed by atoms with Crippen LogP contribution in [-0.2, 0) is 22.6 Å². The van der Waals surface area contributed by atoms with E-state index in [1.54, 1.807) is 24.3 Å². The molecule has 1 aliphatic rings. The molecule has 8 heteroatoms. The molecule has 0 bridgehead atoms. The zero-order chi connectivity index (χ0) is 20.2. The van der Waals surface area contributed by atoms with Crippen molar-refractivity contribution in [1.29, 1.82) is 0 Å². The standard InChI is InChI=1S/C21H19ClN2O5/c1-2-26-17-7-8-18-14(10-17)9-15(11-27-18)21(25)28-12-19-23-24-20(29-19)13-3-5-16(22)6-4-13/h3-8,10,15H,2,9,11-12H2,1H3. The second-order valence-electron chi connectivity index (χ2n) is 6.53. The Balaban J connectivity index is 1.35. The predicted octanol–water partition coefficient (Wildman–Crippen LogP) is 4.08. The van der Waals surface area contributed by atoms with Gasteiger partial charge < -0.3 is 18.6 Å². The van der Waals surface area contributed by atoms with Crippen molar-refractivity contribution >= 4 is 17.6 Å². The molecule has 150 valence electrons. The van der Waals surface area contributed by atoms with E-state index in [-0.39, 0.29) is 25.1 Å². The average molecular weight is 415 g/mol. The molecule has 1 aromatic heterocycles. The molecule has 0 radical (unpaired) electrons. The van der Waals surface area contributed by atoms with Gasteiger partial charge in [0, 0.05) is 10.6 Å². The molecule has 0 saturated carbocycles. The largest absolute Gasteiger partial charge is 0.494 e. The average Bonchev–Trinajstić information content (AvgIpc) is 3.21. The lowest BCUT2D eigenvalue weighted by Crippen LogP contribution is -2.29. The third-order valence-corrected chi connectivity index (χ3v) is 4.73. The molecule has 2 aromatic carbocycles. The van der Waals surface area contributed by atoms with E-state index in [2.05, 4.69) is 10.2 Å². The van der Waals surface area contributed by atoms with E-state index in [4.69, 9.17) is 30.2 Å². The van der Waals surface area contributed by atoms with Crippen LogP contribution in [-0.4, -0.2) is 29.4 Å². The van der Waals surface area contributed by atoms with Crippen molar-refractivity contribution in [2.24, 2.45) is 5.92 Å². The third-order valence-electron chi connectivity index (χ3n) is 4.48. The number of hydrogen-bond acceptors (Lipinski definition) is 7. The zero-order valence-electron chi connectivity index (χ0n) is 15.8. The van der Waals surface area contributed by atoms with Crippen molar-refractivity contribution in [3.05, 3.63) is 58.9 Å². The van der Waals surface area contributed by atoms with E-state index in [9.17, 15) is 4.79 Å². The summed E-state index contributed by atoms with van der Waals surface area (Å²) >= 11 is 5.88. The smallest absolute Gasteiger partial charge is 0.313 e. The van der Waals surface area contributed by atoms with E-state index < -0.39 is 5.92 Å². The molecular formula is C21H19ClN2O5. The minimum absolute atomic E-state index is 0.0955. The molecule has 1 atom stereocenters. The predicted molar refractivity (Wildman–Crippen MR) is 105 cm³/mol.